The maximum absolute atomic E-state index is 12.2. The van der Waals surface area contributed by atoms with Crippen LogP contribution in [0, 0.1) is 11.8 Å². The highest BCUT2D eigenvalue weighted by atomic mass is 79.9. The van der Waals surface area contributed by atoms with E-state index in [2.05, 4.69) is 34.8 Å². The number of hydrogen-bond acceptors (Lipinski definition) is 2. The molecule has 0 saturated carbocycles. The summed E-state index contributed by atoms with van der Waals surface area (Å²) >= 11 is 3.32. The fraction of sp³-hybridized carbons (Fsp3) is 0.538. The largest absolute Gasteiger partial charge is 0.337 e. The summed E-state index contributed by atoms with van der Waals surface area (Å²) in [7, 11) is 0. The number of carbonyl (C=O) groups is 1. The van der Waals surface area contributed by atoms with Gasteiger partial charge in [0.2, 0.25) is 0 Å². The molecule has 1 aromatic rings. The highest BCUT2D eigenvalue weighted by Gasteiger charge is 2.28. The van der Waals surface area contributed by atoms with Gasteiger partial charge in [-0.25, -0.2) is 4.98 Å². The van der Waals surface area contributed by atoms with Crippen LogP contribution < -0.4 is 0 Å². The van der Waals surface area contributed by atoms with Crippen LogP contribution in [-0.2, 0) is 0 Å². The number of carbonyl (C=O) groups excluding carboxylic acids is 1. The number of nitrogens with zero attached hydrogens (tertiary/aromatic N) is 2. The first-order valence-electron chi connectivity index (χ1n) is 5.98. The predicted octanol–water partition coefficient (Wildman–Crippen LogP) is 2.96. The normalized spacial score (nSPS) is 20.0. The summed E-state index contributed by atoms with van der Waals surface area (Å²) < 4.78 is 0.899. The topological polar surface area (TPSA) is 33.2 Å². The molecular weight excluding hydrogens is 280 g/mol. The molecule has 3 nitrogen and oxygen atoms in total. The summed E-state index contributed by atoms with van der Waals surface area (Å²) in [6, 6.07) is 3.63. The molecular formula is C13H17BrN2O. The first kappa shape index (κ1) is 12.6. The molecule has 1 aliphatic rings. The molecule has 1 fully saturated rings. The van der Waals surface area contributed by atoms with E-state index in [1.807, 2.05) is 11.0 Å². The summed E-state index contributed by atoms with van der Waals surface area (Å²) in [5, 5.41) is 0. The molecule has 0 bridgehead atoms. The average Bonchev–Trinajstić information content (AvgIpc) is 2.78. The number of aromatic nitrogens is 1. The Morgan fingerprint density at radius 2 is 2.29 bits per heavy atom. The minimum Gasteiger partial charge on any atom is -0.337 e. The van der Waals surface area contributed by atoms with Gasteiger partial charge in [-0.2, -0.15) is 0 Å². The standard InChI is InChI=1S/C13H17BrN2O/c1-9(2)10-5-6-16(8-10)13(17)12-4-3-11(14)7-15-12/h3-4,7,9-10H,5-6,8H2,1-2H3. The van der Waals surface area contributed by atoms with E-state index in [0.29, 0.717) is 17.5 Å². The number of likely N-dealkylation sites (tertiary alicyclic amines) is 1. The lowest BCUT2D eigenvalue weighted by molar-refractivity contribution is 0.0778. The SMILES string of the molecule is CC(C)C1CCN(C(=O)c2ccc(Br)cn2)C1. The lowest BCUT2D eigenvalue weighted by Crippen LogP contribution is -2.29. The van der Waals surface area contributed by atoms with Gasteiger partial charge in [0.15, 0.2) is 0 Å². The molecule has 0 aromatic carbocycles. The molecule has 2 heterocycles. The zero-order valence-electron chi connectivity index (χ0n) is 10.2. The summed E-state index contributed by atoms with van der Waals surface area (Å²) in [5.74, 6) is 1.33. The van der Waals surface area contributed by atoms with E-state index in [4.69, 9.17) is 0 Å². The molecule has 17 heavy (non-hydrogen) atoms. The number of rotatable bonds is 2. The Bertz CT molecular complexity index is 402. The zero-order chi connectivity index (χ0) is 12.4. The fourth-order valence-electron chi connectivity index (χ4n) is 2.18. The van der Waals surface area contributed by atoms with Crippen molar-refractivity contribution < 1.29 is 4.79 Å². The number of hydrogen-bond donors (Lipinski definition) is 0. The van der Waals surface area contributed by atoms with Crippen LogP contribution in [0.4, 0.5) is 0 Å². The third kappa shape index (κ3) is 2.86. The van der Waals surface area contributed by atoms with Crippen molar-refractivity contribution in [3.63, 3.8) is 0 Å². The predicted molar refractivity (Wildman–Crippen MR) is 70.8 cm³/mol. The van der Waals surface area contributed by atoms with Gasteiger partial charge in [-0.1, -0.05) is 13.8 Å². The summed E-state index contributed by atoms with van der Waals surface area (Å²) in [5.41, 5.74) is 0.539. The van der Waals surface area contributed by atoms with Crippen LogP contribution in [0.5, 0.6) is 0 Å². The molecule has 2 rings (SSSR count). The van der Waals surface area contributed by atoms with Gasteiger partial charge in [-0.05, 0) is 46.3 Å². The molecule has 1 unspecified atom stereocenters. The Hall–Kier alpha value is -0.900. The van der Waals surface area contributed by atoms with Gasteiger partial charge < -0.3 is 4.90 Å². The Morgan fingerprint density at radius 1 is 1.53 bits per heavy atom. The Kier molecular flexibility index (Phi) is 3.82. The van der Waals surface area contributed by atoms with Crippen molar-refractivity contribution in [2.75, 3.05) is 13.1 Å². The van der Waals surface area contributed by atoms with Crippen molar-refractivity contribution in [1.29, 1.82) is 0 Å². The van der Waals surface area contributed by atoms with E-state index in [1.54, 1.807) is 12.3 Å². The van der Waals surface area contributed by atoms with E-state index in [-0.39, 0.29) is 5.91 Å². The number of amides is 1. The van der Waals surface area contributed by atoms with Crippen molar-refractivity contribution in [2.45, 2.75) is 20.3 Å². The molecule has 1 saturated heterocycles. The van der Waals surface area contributed by atoms with Gasteiger partial charge >= 0.3 is 0 Å². The third-order valence-corrected chi connectivity index (χ3v) is 3.87. The molecule has 1 aromatic heterocycles. The first-order valence-corrected chi connectivity index (χ1v) is 6.78. The Balaban J connectivity index is 2.04. The number of pyridine rings is 1. The van der Waals surface area contributed by atoms with Crippen LogP contribution in [0.15, 0.2) is 22.8 Å². The van der Waals surface area contributed by atoms with Crippen LogP contribution in [-0.4, -0.2) is 28.9 Å². The van der Waals surface area contributed by atoms with Gasteiger partial charge in [0, 0.05) is 23.8 Å². The zero-order valence-corrected chi connectivity index (χ0v) is 11.8. The Labute approximate surface area is 110 Å². The molecule has 0 N–H and O–H groups in total. The van der Waals surface area contributed by atoms with E-state index < -0.39 is 0 Å². The highest BCUT2D eigenvalue weighted by molar-refractivity contribution is 9.10. The molecule has 92 valence electrons. The van der Waals surface area contributed by atoms with Crippen LogP contribution in [0.3, 0.4) is 0 Å². The molecule has 4 heteroatoms. The summed E-state index contributed by atoms with van der Waals surface area (Å²) in [6.45, 7) is 6.17. The van der Waals surface area contributed by atoms with Crippen molar-refractivity contribution in [3.8, 4) is 0 Å². The fourth-order valence-corrected chi connectivity index (χ4v) is 2.41. The highest BCUT2D eigenvalue weighted by Crippen LogP contribution is 2.24. The third-order valence-electron chi connectivity index (χ3n) is 3.40. The molecule has 0 aliphatic carbocycles. The maximum atomic E-state index is 12.2. The number of halogens is 1. The lowest BCUT2D eigenvalue weighted by atomic mass is 9.95. The average molecular weight is 297 g/mol. The van der Waals surface area contributed by atoms with E-state index in [1.165, 1.54) is 0 Å². The molecule has 1 atom stereocenters. The van der Waals surface area contributed by atoms with Gasteiger partial charge in [0.25, 0.3) is 5.91 Å². The lowest BCUT2D eigenvalue weighted by Gasteiger charge is -2.17. The van der Waals surface area contributed by atoms with Crippen LogP contribution >= 0.6 is 15.9 Å². The van der Waals surface area contributed by atoms with Crippen molar-refractivity contribution in [1.82, 2.24) is 9.88 Å². The van der Waals surface area contributed by atoms with Crippen molar-refractivity contribution in [3.05, 3.63) is 28.5 Å². The smallest absolute Gasteiger partial charge is 0.272 e. The van der Waals surface area contributed by atoms with Crippen LogP contribution in [0.2, 0.25) is 0 Å². The van der Waals surface area contributed by atoms with Gasteiger partial charge in [-0.15, -0.1) is 0 Å². The molecule has 0 spiro atoms. The second-order valence-electron chi connectivity index (χ2n) is 4.91. The van der Waals surface area contributed by atoms with Crippen molar-refractivity contribution >= 4 is 21.8 Å². The summed E-state index contributed by atoms with van der Waals surface area (Å²) in [4.78, 5) is 18.2. The second kappa shape index (κ2) is 5.17. The van der Waals surface area contributed by atoms with Gasteiger partial charge in [-0.3, -0.25) is 4.79 Å². The Morgan fingerprint density at radius 3 is 2.82 bits per heavy atom. The molecule has 1 aliphatic heterocycles. The van der Waals surface area contributed by atoms with Crippen LogP contribution in [0.25, 0.3) is 0 Å². The van der Waals surface area contributed by atoms with E-state index >= 15 is 0 Å². The van der Waals surface area contributed by atoms with Gasteiger partial charge in [0.1, 0.15) is 5.69 Å². The van der Waals surface area contributed by atoms with E-state index in [9.17, 15) is 4.79 Å². The van der Waals surface area contributed by atoms with Crippen molar-refractivity contribution in [2.24, 2.45) is 11.8 Å². The quantitative estimate of drug-likeness (QED) is 0.841. The molecule has 1 amide bonds. The maximum Gasteiger partial charge on any atom is 0.272 e. The second-order valence-corrected chi connectivity index (χ2v) is 5.82. The van der Waals surface area contributed by atoms with E-state index in [0.717, 1.165) is 24.0 Å². The minimum atomic E-state index is 0.0562. The van der Waals surface area contributed by atoms with Gasteiger partial charge in [0.05, 0.1) is 0 Å². The first-order chi connectivity index (χ1) is 8.08. The monoisotopic (exact) mass is 296 g/mol. The molecule has 0 radical (unpaired) electrons. The summed E-state index contributed by atoms with van der Waals surface area (Å²) in [6.07, 6.45) is 2.78. The van der Waals surface area contributed by atoms with Crippen LogP contribution in [0.1, 0.15) is 30.8 Å². The minimum absolute atomic E-state index is 0.0562.